The van der Waals surface area contributed by atoms with Crippen LogP contribution in [0.2, 0.25) is 0 Å². The number of fused-ring (bicyclic) bond motifs is 1. The van der Waals surface area contributed by atoms with E-state index < -0.39 is 5.91 Å². The fourth-order valence-corrected chi connectivity index (χ4v) is 4.49. The molecule has 0 saturated carbocycles. The number of methoxy groups -OCH3 is 1. The number of hydrogen-bond donors (Lipinski definition) is 1. The second-order valence-corrected chi connectivity index (χ2v) is 8.67. The van der Waals surface area contributed by atoms with E-state index in [0.29, 0.717) is 19.5 Å². The predicted octanol–water partition coefficient (Wildman–Crippen LogP) is 2.91. The molecule has 1 N–H and O–H groups in total. The van der Waals surface area contributed by atoms with E-state index in [-0.39, 0.29) is 11.3 Å². The zero-order chi connectivity index (χ0) is 24.9. The van der Waals surface area contributed by atoms with Gasteiger partial charge in [0.2, 0.25) is 0 Å². The van der Waals surface area contributed by atoms with Crippen LogP contribution in [0.1, 0.15) is 42.0 Å². The fourth-order valence-electron chi connectivity index (χ4n) is 4.49. The van der Waals surface area contributed by atoms with Crippen molar-refractivity contribution in [3.8, 4) is 17.5 Å². The molecule has 3 aromatic rings. The normalized spacial score (nSPS) is 13.3. The van der Waals surface area contributed by atoms with E-state index >= 15 is 0 Å². The van der Waals surface area contributed by atoms with Crippen molar-refractivity contribution < 1.29 is 9.53 Å². The van der Waals surface area contributed by atoms with Gasteiger partial charge in [0.05, 0.1) is 7.11 Å². The molecule has 9 nitrogen and oxygen atoms in total. The molecule has 35 heavy (non-hydrogen) atoms. The zero-order valence-electron chi connectivity index (χ0n) is 20.4. The van der Waals surface area contributed by atoms with E-state index in [2.05, 4.69) is 15.0 Å². The lowest BCUT2D eigenvalue weighted by Crippen LogP contribution is -2.29. The predicted molar refractivity (Wildman–Crippen MR) is 132 cm³/mol. The van der Waals surface area contributed by atoms with Crippen LogP contribution in [0.15, 0.2) is 40.7 Å². The number of benzene rings is 1. The van der Waals surface area contributed by atoms with Crippen LogP contribution < -0.4 is 15.7 Å². The van der Waals surface area contributed by atoms with E-state index in [1.807, 2.05) is 50.2 Å². The molecule has 0 atom stereocenters. The van der Waals surface area contributed by atoms with Crippen LogP contribution in [0.4, 0.5) is 0 Å². The summed E-state index contributed by atoms with van der Waals surface area (Å²) in [6.07, 6.45) is 5.05. The highest BCUT2D eigenvalue weighted by Gasteiger charge is 2.17. The summed E-state index contributed by atoms with van der Waals surface area (Å²) in [6, 6.07) is 11.7. The molecule has 1 amide bonds. The number of carbonyl (C=O) groups is 1. The number of aryl methyl sites for hydroxylation is 3. The highest BCUT2D eigenvalue weighted by atomic mass is 16.5. The smallest absolute Gasteiger partial charge is 0.345 e. The molecule has 0 unspecified atom stereocenters. The van der Waals surface area contributed by atoms with Crippen LogP contribution in [-0.2, 0) is 24.3 Å². The van der Waals surface area contributed by atoms with Gasteiger partial charge in [-0.1, -0.05) is 0 Å². The summed E-state index contributed by atoms with van der Waals surface area (Å²) >= 11 is 0. The van der Waals surface area contributed by atoms with Gasteiger partial charge in [-0.05, 0) is 75.1 Å². The molecule has 182 valence electrons. The molecule has 1 aliphatic rings. The summed E-state index contributed by atoms with van der Waals surface area (Å²) < 4.78 is 10.5. The van der Waals surface area contributed by atoms with Gasteiger partial charge in [0.25, 0.3) is 5.91 Å². The molecule has 1 aliphatic heterocycles. The molecule has 9 heteroatoms. The van der Waals surface area contributed by atoms with Gasteiger partial charge in [-0.3, -0.25) is 9.36 Å². The SMILES string of the molecule is COc1ccc(-n2c(C)cc(/C=C(\C#N)C(=O)NCCCn3nc4n(c3=O)CCCC4)c2C)cc1. The Morgan fingerprint density at radius 2 is 2.03 bits per heavy atom. The highest BCUT2D eigenvalue weighted by Crippen LogP contribution is 2.24. The molecule has 0 saturated heterocycles. The Bertz CT molecular complexity index is 1350. The van der Waals surface area contributed by atoms with E-state index in [0.717, 1.165) is 60.0 Å². The van der Waals surface area contributed by atoms with Gasteiger partial charge >= 0.3 is 5.69 Å². The summed E-state index contributed by atoms with van der Waals surface area (Å²) in [7, 11) is 1.63. The van der Waals surface area contributed by atoms with E-state index in [4.69, 9.17) is 4.74 Å². The van der Waals surface area contributed by atoms with Gasteiger partial charge in [-0.2, -0.15) is 10.4 Å². The first kappa shape index (κ1) is 24.1. The van der Waals surface area contributed by atoms with Crippen molar-refractivity contribution in [2.45, 2.75) is 52.6 Å². The molecule has 1 aromatic carbocycles. The summed E-state index contributed by atoms with van der Waals surface area (Å²) in [5, 5.41) is 16.8. The minimum Gasteiger partial charge on any atom is -0.497 e. The molecule has 0 spiro atoms. The molecule has 3 heterocycles. The summed E-state index contributed by atoms with van der Waals surface area (Å²) in [6.45, 7) is 5.43. The second kappa shape index (κ2) is 10.5. The third kappa shape index (κ3) is 5.06. The van der Waals surface area contributed by atoms with Gasteiger partial charge in [0.1, 0.15) is 23.2 Å². The summed E-state index contributed by atoms with van der Waals surface area (Å²) in [4.78, 5) is 25.1. The molecule has 0 fully saturated rings. The van der Waals surface area contributed by atoms with E-state index in [9.17, 15) is 14.9 Å². The largest absolute Gasteiger partial charge is 0.497 e. The summed E-state index contributed by atoms with van der Waals surface area (Å²) in [5.41, 5.74) is 3.64. The van der Waals surface area contributed by atoms with Crippen LogP contribution in [0.5, 0.6) is 5.75 Å². The number of ether oxygens (including phenoxy) is 1. The average molecular weight is 475 g/mol. The van der Waals surface area contributed by atoms with E-state index in [1.54, 1.807) is 17.8 Å². The van der Waals surface area contributed by atoms with Crippen LogP contribution in [-0.4, -0.2) is 38.5 Å². The first-order valence-corrected chi connectivity index (χ1v) is 11.8. The Balaban J connectivity index is 1.40. The average Bonchev–Trinajstić information content (AvgIpc) is 3.34. The molecule has 0 bridgehead atoms. The van der Waals surface area contributed by atoms with Gasteiger partial charge in [-0.15, -0.1) is 0 Å². The van der Waals surface area contributed by atoms with Crippen molar-refractivity contribution in [3.05, 3.63) is 69.2 Å². The minimum atomic E-state index is -0.432. The molecule has 4 rings (SSSR count). The zero-order valence-corrected chi connectivity index (χ0v) is 20.4. The Labute approximate surface area is 204 Å². The standard InChI is InChI=1S/C26H30N6O3/c1-18-15-20(19(2)32(18)22-8-10-23(35-3)11-9-22)16-21(17-27)25(33)28-12-6-14-31-26(34)30-13-5-4-7-24(30)29-31/h8-11,15-16H,4-7,12-14H2,1-3H3,(H,28,33)/b21-16+. The number of rotatable bonds is 8. The molecular formula is C26H30N6O3. The number of hydrogen-bond acceptors (Lipinski definition) is 5. The Morgan fingerprint density at radius 3 is 2.71 bits per heavy atom. The van der Waals surface area contributed by atoms with Crippen molar-refractivity contribution in [1.29, 1.82) is 5.26 Å². The van der Waals surface area contributed by atoms with Crippen LogP contribution >= 0.6 is 0 Å². The topological polar surface area (TPSA) is 107 Å². The van der Waals surface area contributed by atoms with Crippen LogP contribution in [0.3, 0.4) is 0 Å². The first-order chi connectivity index (χ1) is 16.9. The third-order valence-corrected chi connectivity index (χ3v) is 6.33. The lowest BCUT2D eigenvalue weighted by atomic mass is 10.1. The number of carbonyl (C=O) groups excluding carboxylic acids is 1. The third-order valence-electron chi connectivity index (χ3n) is 6.33. The van der Waals surface area contributed by atoms with Gasteiger partial charge < -0.3 is 14.6 Å². The number of amides is 1. The maximum Gasteiger partial charge on any atom is 0.345 e. The first-order valence-electron chi connectivity index (χ1n) is 11.8. The number of aromatic nitrogens is 4. The Morgan fingerprint density at radius 1 is 1.26 bits per heavy atom. The Kier molecular flexibility index (Phi) is 7.20. The van der Waals surface area contributed by atoms with Gasteiger partial charge in [0, 0.05) is 43.1 Å². The second-order valence-electron chi connectivity index (χ2n) is 8.67. The van der Waals surface area contributed by atoms with Crippen molar-refractivity contribution in [1.82, 2.24) is 24.2 Å². The maximum absolute atomic E-state index is 12.6. The lowest BCUT2D eigenvalue weighted by Gasteiger charge is -2.10. The molecule has 0 aliphatic carbocycles. The monoisotopic (exact) mass is 474 g/mol. The number of nitriles is 1. The molecule has 0 radical (unpaired) electrons. The quantitative estimate of drug-likeness (QED) is 0.307. The van der Waals surface area contributed by atoms with Crippen molar-refractivity contribution in [2.75, 3.05) is 13.7 Å². The van der Waals surface area contributed by atoms with E-state index in [1.165, 1.54) is 4.68 Å². The highest BCUT2D eigenvalue weighted by molar-refractivity contribution is 6.01. The molecular weight excluding hydrogens is 444 g/mol. The van der Waals surface area contributed by atoms with Crippen molar-refractivity contribution in [3.63, 3.8) is 0 Å². The number of nitrogens with zero attached hydrogens (tertiary/aromatic N) is 5. The Hall–Kier alpha value is -4.06. The number of nitrogens with one attached hydrogen (secondary N) is 1. The van der Waals surface area contributed by atoms with Gasteiger partial charge in [-0.25, -0.2) is 9.48 Å². The lowest BCUT2D eigenvalue weighted by molar-refractivity contribution is -0.117. The molecule has 2 aromatic heterocycles. The minimum absolute atomic E-state index is 0.0367. The van der Waals surface area contributed by atoms with Crippen LogP contribution in [0, 0.1) is 25.2 Å². The van der Waals surface area contributed by atoms with Crippen molar-refractivity contribution >= 4 is 12.0 Å². The fraction of sp³-hybridized carbons (Fsp3) is 0.385. The van der Waals surface area contributed by atoms with Crippen molar-refractivity contribution in [2.24, 2.45) is 0 Å². The maximum atomic E-state index is 12.6. The summed E-state index contributed by atoms with van der Waals surface area (Å²) in [5.74, 6) is 1.18. The van der Waals surface area contributed by atoms with Gasteiger partial charge in [0.15, 0.2) is 0 Å². The van der Waals surface area contributed by atoms with Crippen LogP contribution in [0.25, 0.3) is 11.8 Å².